The van der Waals surface area contributed by atoms with Gasteiger partial charge in [-0.3, -0.25) is 4.79 Å². The molecular formula is C18H22N2O. The van der Waals surface area contributed by atoms with Gasteiger partial charge in [0, 0.05) is 24.7 Å². The standard InChI is InChI=1S/C18H22N2O/c1-2-19-15-10-12-20(13-11-15)18(21)17-9-5-7-14-6-3-4-8-16(14)17/h3-9,15,19H,2,10-13H2,1H3. The van der Waals surface area contributed by atoms with Crippen molar-refractivity contribution in [2.45, 2.75) is 25.8 Å². The summed E-state index contributed by atoms with van der Waals surface area (Å²) in [5, 5.41) is 5.66. The molecule has 1 aliphatic heterocycles. The van der Waals surface area contributed by atoms with E-state index >= 15 is 0 Å². The van der Waals surface area contributed by atoms with Crippen LogP contribution >= 0.6 is 0 Å². The van der Waals surface area contributed by atoms with Crippen LogP contribution in [0.25, 0.3) is 10.8 Å². The van der Waals surface area contributed by atoms with Crippen molar-refractivity contribution in [1.29, 1.82) is 0 Å². The monoisotopic (exact) mass is 282 g/mol. The van der Waals surface area contributed by atoms with Crippen LogP contribution in [0.4, 0.5) is 0 Å². The van der Waals surface area contributed by atoms with Crippen LogP contribution in [0.3, 0.4) is 0 Å². The zero-order valence-electron chi connectivity index (χ0n) is 12.5. The maximum atomic E-state index is 12.8. The number of nitrogens with zero attached hydrogens (tertiary/aromatic N) is 1. The van der Waals surface area contributed by atoms with Crippen molar-refractivity contribution in [1.82, 2.24) is 10.2 Å². The van der Waals surface area contributed by atoms with E-state index in [1.165, 1.54) is 0 Å². The summed E-state index contributed by atoms with van der Waals surface area (Å²) in [6, 6.07) is 14.6. The van der Waals surface area contributed by atoms with E-state index < -0.39 is 0 Å². The highest BCUT2D eigenvalue weighted by Gasteiger charge is 2.23. The number of nitrogens with one attached hydrogen (secondary N) is 1. The molecule has 1 heterocycles. The van der Waals surface area contributed by atoms with Crippen molar-refractivity contribution in [3.63, 3.8) is 0 Å². The number of amides is 1. The Bertz CT molecular complexity index is 625. The molecule has 0 aliphatic carbocycles. The second-order valence-corrected chi connectivity index (χ2v) is 5.65. The topological polar surface area (TPSA) is 32.3 Å². The summed E-state index contributed by atoms with van der Waals surface area (Å²) in [7, 11) is 0. The fourth-order valence-electron chi connectivity index (χ4n) is 3.16. The summed E-state index contributed by atoms with van der Waals surface area (Å²) in [6.07, 6.45) is 2.09. The Hall–Kier alpha value is -1.87. The van der Waals surface area contributed by atoms with Crippen LogP contribution in [0.1, 0.15) is 30.1 Å². The SMILES string of the molecule is CCNC1CCN(C(=O)c2cccc3ccccc23)CC1. The van der Waals surface area contributed by atoms with Gasteiger partial charge in [0.2, 0.25) is 0 Å². The number of hydrogen-bond donors (Lipinski definition) is 1. The lowest BCUT2D eigenvalue weighted by Crippen LogP contribution is -2.44. The fourth-order valence-corrected chi connectivity index (χ4v) is 3.16. The third-order valence-electron chi connectivity index (χ3n) is 4.30. The van der Waals surface area contributed by atoms with Gasteiger partial charge in [-0.25, -0.2) is 0 Å². The molecule has 0 saturated carbocycles. The Morgan fingerprint density at radius 2 is 1.86 bits per heavy atom. The van der Waals surface area contributed by atoms with E-state index in [1.54, 1.807) is 0 Å². The van der Waals surface area contributed by atoms with Gasteiger partial charge >= 0.3 is 0 Å². The average molecular weight is 282 g/mol. The molecule has 0 aromatic heterocycles. The first kappa shape index (κ1) is 14.1. The maximum absolute atomic E-state index is 12.8. The number of fused-ring (bicyclic) bond motifs is 1. The van der Waals surface area contributed by atoms with E-state index in [2.05, 4.69) is 24.4 Å². The molecule has 0 atom stereocenters. The molecule has 21 heavy (non-hydrogen) atoms. The molecule has 0 bridgehead atoms. The predicted octanol–water partition coefficient (Wildman–Crippen LogP) is 3.05. The molecule has 2 aromatic rings. The number of likely N-dealkylation sites (tertiary alicyclic amines) is 1. The van der Waals surface area contributed by atoms with E-state index in [0.29, 0.717) is 6.04 Å². The summed E-state index contributed by atoms with van der Waals surface area (Å²) in [5.74, 6) is 0.168. The quantitative estimate of drug-likeness (QED) is 0.938. The second-order valence-electron chi connectivity index (χ2n) is 5.65. The van der Waals surface area contributed by atoms with Gasteiger partial charge in [-0.1, -0.05) is 43.3 Å². The van der Waals surface area contributed by atoms with Crippen LogP contribution in [0.2, 0.25) is 0 Å². The van der Waals surface area contributed by atoms with E-state index in [-0.39, 0.29) is 5.91 Å². The van der Waals surface area contributed by atoms with Gasteiger partial charge in [0.1, 0.15) is 0 Å². The first-order valence-electron chi connectivity index (χ1n) is 7.80. The van der Waals surface area contributed by atoms with Crippen molar-refractivity contribution in [3.05, 3.63) is 48.0 Å². The summed E-state index contributed by atoms with van der Waals surface area (Å²) < 4.78 is 0. The molecule has 2 aromatic carbocycles. The van der Waals surface area contributed by atoms with Crippen LogP contribution in [0, 0.1) is 0 Å². The number of carbonyl (C=O) groups is 1. The molecule has 1 saturated heterocycles. The Kier molecular flexibility index (Phi) is 4.20. The van der Waals surface area contributed by atoms with Gasteiger partial charge in [0.05, 0.1) is 0 Å². The van der Waals surface area contributed by atoms with Gasteiger partial charge in [0.15, 0.2) is 0 Å². The molecule has 1 amide bonds. The highest BCUT2D eigenvalue weighted by atomic mass is 16.2. The third-order valence-corrected chi connectivity index (χ3v) is 4.30. The minimum atomic E-state index is 0.168. The van der Waals surface area contributed by atoms with Gasteiger partial charge in [0.25, 0.3) is 5.91 Å². The molecule has 1 aliphatic rings. The maximum Gasteiger partial charge on any atom is 0.254 e. The highest BCUT2D eigenvalue weighted by Crippen LogP contribution is 2.21. The van der Waals surface area contributed by atoms with Crippen LogP contribution in [0.5, 0.6) is 0 Å². The number of hydrogen-bond acceptors (Lipinski definition) is 2. The van der Waals surface area contributed by atoms with Gasteiger partial charge < -0.3 is 10.2 Å². The predicted molar refractivity (Wildman–Crippen MR) is 86.6 cm³/mol. The van der Waals surface area contributed by atoms with Crippen molar-refractivity contribution >= 4 is 16.7 Å². The average Bonchev–Trinajstić information content (AvgIpc) is 2.55. The zero-order chi connectivity index (χ0) is 14.7. The second kappa shape index (κ2) is 6.27. The molecule has 1 N–H and O–H groups in total. The Labute approximate surface area is 125 Å². The molecule has 3 heteroatoms. The minimum absolute atomic E-state index is 0.168. The highest BCUT2D eigenvalue weighted by molar-refractivity contribution is 6.07. The number of benzene rings is 2. The summed E-state index contributed by atoms with van der Waals surface area (Å²) in [5.41, 5.74) is 0.829. The summed E-state index contributed by atoms with van der Waals surface area (Å²) in [4.78, 5) is 14.8. The van der Waals surface area contributed by atoms with Crippen LogP contribution in [-0.4, -0.2) is 36.5 Å². The minimum Gasteiger partial charge on any atom is -0.339 e. The Morgan fingerprint density at radius 1 is 1.14 bits per heavy atom. The third kappa shape index (κ3) is 2.93. The van der Waals surface area contributed by atoms with Gasteiger partial charge in [-0.2, -0.15) is 0 Å². The number of rotatable bonds is 3. The summed E-state index contributed by atoms with van der Waals surface area (Å²) >= 11 is 0. The lowest BCUT2D eigenvalue weighted by Gasteiger charge is -2.32. The normalized spacial score (nSPS) is 16.3. The van der Waals surface area contributed by atoms with Crippen LogP contribution in [-0.2, 0) is 0 Å². The lowest BCUT2D eigenvalue weighted by molar-refractivity contribution is 0.0708. The van der Waals surface area contributed by atoms with Crippen molar-refractivity contribution in [3.8, 4) is 0 Å². The van der Waals surface area contributed by atoms with E-state index in [1.807, 2.05) is 35.2 Å². The summed E-state index contributed by atoms with van der Waals surface area (Å²) in [6.45, 7) is 4.83. The van der Waals surface area contributed by atoms with Crippen molar-refractivity contribution < 1.29 is 4.79 Å². The molecule has 0 radical (unpaired) electrons. The first-order valence-corrected chi connectivity index (χ1v) is 7.80. The smallest absolute Gasteiger partial charge is 0.254 e. The number of carbonyl (C=O) groups excluding carboxylic acids is 1. The largest absolute Gasteiger partial charge is 0.339 e. The zero-order valence-corrected chi connectivity index (χ0v) is 12.5. The van der Waals surface area contributed by atoms with Gasteiger partial charge in [-0.05, 0) is 36.2 Å². The molecule has 110 valence electrons. The molecule has 0 unspecified atom stereocenters. The van der Waals surface area contributed by atoms with Crippen LogP contribution < -0.4 is 5.32 Å². The molecule has 0 spiro atoms. The molecular weight excluding hydrogens is 260 g/mol. The van der Waals surface area contributed by atoms with E-state index in [0.717, 1.165) is 48.8 Å². The molecule has 3 nitrogen and oxygen atoms in total. The van der Waals surface area contributed by atoms with Crippen molar-refractivity contribution in [2.75, 3.05) is 19.6 Å². The lowest BCUT2D eigenvalue weighted by atomic mass is 10.0. The van der Waals surface area contributed by atoms with Gasteiger partial charge in [-0.15, -0.1) is 0 Å². The van der Waals surface area contributed by atoms with Crippen molar-refractivity contribution in [2.24, 2.45) is 0 Å². The van der Waals surface area contributed by atoms with E-state index in [9.17, 15) is 4.79 Å². The Balaban J connectivity index is 1.79. The van der Waals surface area contributed by atoms with E-state index in [4.69, 9.17) is 0 Å². The Morgan fingerprint density at radius 3 is 2.62 bits per heavy atom. The van der Waals surface area contributed by atoms with Crippen LogP contribution in [0.15, 0.2) is 42.5 Å². The fraction of sp³-hybridized carbons (Fsp3) is 0.389. The first-order chi connectivity index (χ1) is 10.3. The molecule has 1 fully saturated rings. The molecule has 3 rings (SSSR count). The number of piperidine rings is 1.